The number of thiophene rings is 1. The second-order valence-corrected chi connectivity index (χ2v) is 8.93. The van der Waals surface area contributed by atoms with Gasteiger partial charge in [-0.05, 0) is 54.5 Å². The van der Waals surface area contributed by atoms with Crippen LogP contribution in [0.4, 0.5) is 5.82 Å². The molecule has 0 bridgehead atoms. The Labute approximate surface area is 181 Å². The van der Waals surface area contributed by atoms with Crippen molar-refractivity contribution in [1.82, 2.24) is 15.3 Å². The number of hydrogen-bond donors (Lipinski definition) is 1. The summed E-state index contributed by atoms with van der Waals surface area (Å²) in [7, 11) is 0. The maximum absolute atomic E-state index is 12.8. The Bertz CT molecular complexity index is 1020. The molecule has 1 aliphatic heterocycles. The van der Waals surface area contributed by atoms with Gasteiger partial charge < -0.3 is 10.2 Å². The Morgan fingerprint density at radius 1 is 1.13 bits per heavy atom. The molecule has 30 heavy (non-hydrogen) atoms. The molecule has 3 aromatic rings. The summed E-state index contributed by atoms with van der Waals surface area (Å²) in [6.07, 6.45) is 5.13. The fourth-order valence-electron chi connectivity index (χ4n) is 4.50. The maximum atomic E-state index is 12.8. The first kappa shape index (κ1) is 19.2. The van der Waals surface area contributed by atoms with Gasteiger partial charge in [-0.2, -0.15) is 11.3 Å². The Morgan fingerprint density at radius 2 is 2.03 bits per heavy atom. The van der Waals surface area contributed by atoms with Crippen LogP contribution in [-0.2, 0) is 24.2 Å². The molecule has 0 spiro atoms. The Hall–Kier alpha value is -2.73. The molecule has 154 valence electrons. The number of carbonyl (C=O) groups excluding carboxylic acids is 1. The number of anilines is 1. The lowest BCUT2D eigenvalue weighted by Crippen LogP contribution is -2.43. The smallest absolute Gasteiger partial charge is 0.225 e. The highest BCUT2D eigenvalue weighted by molar-refractivity contribution is 7.07. The molecule has 1 aliphatic carbocycles. The molecule has 1 N–H and O–H groups in total. The highest BCUT2D eigenvalue weighted by atomic mass is 32.1. The lowest BCUT2D eigenvalue weighted by molar-refractivity contribution is -0.125. The zero-order valence-corrected chi connectivity index (χ0v) is 17.8. The van der Waals surface area contributed by atoms with E-state index in [-0.39, 0.29) is 11.8 Å². The Morgan fingerprint density at radius 3 is 2.87 bits per heavy atom. The quantitative estimate of drug-likeness (QED) is 0.674. The number of hydrogen-bond acceptors (Lipinski definition) is 5. The van der Waals surface area contributed by atoms with E-state index >= 15 is 0 Å². The third kappa shape index (κ3) is 3.97. The van der Waals surface area contributed by atoms with Crippen LogP contribution in [0.1, 0.15) is 36.1 Å². The van der Waals surface area contributed by atoms with Gasteiger partial charge in [-0.1, -0.05) is 30.3 Å². The van der Waals surface area contributed by atoms with Crippen LogP contribution in [0.3, 0.4) is 0 Å². The van der Waals surface area contributed by atoms with Gasteiger partial charge in [0.25, 0.3) is 0 Å². The van der Waals surface area contributed by atoms with Crippen molar-refractivity contribution in [3.8, 4) is 11.4 Å². The van der Waals surface area contributed by atoms with E-state index in [2.05, 4.69) is 33.8 Å². The lowest BCUT2D eigenvalue weighted by Gasteiger charge is -2.34. The van der Waals surface area contributed by atoms with Gasteiger partial charge >= 0.3 is 0 Å². The van der Waals surface area contributed by atoms with E-state index in [9.17, 15) is 4.79 Å². The van der Waals surface area contributed by atoms with Crippen LogP contribution < -0.4 is 10.2 Å². The van der Waals surface area contributed by atoms with Crippen LogP contribution in [-0.4, -0.2) is 29.0 Å². The summed E-state index contributed by atoms with van der Waals surface area (Å²) in [6.45, 7) is 2.29. The molecule has 1 aromatic carbocycles. The minimum absolute atomic E-state index is 0.00424. The molecule has 0 radical (unpaired) electrons. The van der Waals surface area contributed by atoms with Crippen LogP contribution in [0, 0.1) is 5.92 Å². The largest absolute Gasteiger partial charge is 0.355 e. The lowest BCUT2D eigenvalue weighted by atomic mass is 9.96. The van der Waals surface area contributed by atoms with E-state index < -0.39 is 0 Å². The molecule has 1 unspecified atom stereocenters. The van der Waals surface area contributed by atoms with Crippen molar-refractivity contribution in [2.75, 3.05) is 18.0 Å². The third-order valence-electron chi connectivity index (χ3n) is 6.08. The SMILES string of the molecule is O=C(NCc1ccsc1)C1CCCN(c2nc(-c3ccccc3)nc3c2CCC3)C1. The summed E-state index contributed by atoms with van der Waals surface area (Å²) in [5, 5.41) is 7.26. The summed E-state index contributed by atoms with van der Waals surface area (Å²) in [6, 6.07) is 12.3. The Kier molecular flexibility index (Phi) is 5.49. The van der Waals surface area contributed by atoms with E-state index in [4.69, 9.17) is 9.97 Å². The van der Waals surface area contributed by atoms with Crippen LogP contribution in [0.15, 0.2) is 47.2 Å². The van der Waals surface area contributed by atoms with Crippen LogP contribution in [0.25, 0.3) is 11.4 Å². The van der Waals surface area contributed by atoms with Gasteiger partial charge in [0.05, 0.1) is 5.92 Å². The third-order valence-corrected chi connectivity index (χ3v) is 6.81. The average molecular weight is 419 g/mol. The molecule has 3 heterocycles. The molecule has 2 aliphatic rings. The zero-order valence-electron chi connectivity index (χ0n) is 17.0. The number of fused-ring (bicyclic) bond motifs is 1. The van der Waals surface area contributed by atoms with Crippen molar-refractivity contribution in [3.63, 3.8) is 0 Å². The van der Waals surface area contributed by atoms with Crippen molar-refractivity contribution < 1.29 is 4.79 Å². The molecule has 5 nitrogen and oxygen atoms in total. The van der Waals surface area contributed by atoms with E-state index in [1.165, 1.54) is 16.8 Å². The number of amides is 1. The first-order chi connectivity index (χ1) is 14.8. The van der Waals surface area contributed by atoms with Crippen LogP contribution in [0.5, 0.6) is 0 Å². The number of nitrogens with one attached hydrogen (secondary N) is 1. The van der Waals surface area contributed by atoms with Crippen molar-refractivity contribution in [1.29, 1.82) is 0 Å². The van der Waals surface area contributed by atoms with Gasteiger partial charge in [-0.15, -0.1) is 0 Å². The van der Waals surface area contributed by atoms with Crippen LogP contribution in [0.2, 0.25) is 0 Å². The molecule has 1 atom stereocenters. The van der Waals surface area contributed by atoms with Gasteiger partial charge in [0.15, 0.2) is 5.82 Å². The molecular formula is C24H26N4OS. The number of piperidine rings is 1. The number of aromatic nitrogens is 2. The van der Waals surface area contributed by atoms with E-state index in [0.29, 0.717) is 6.54 Å². The van der Waals surface area contributed by atoms with Crippen molar-refractivity contribution >= 4 is 23.1 Å². The summed E-state index contributed by atoms with van der Waals surface area (Å²) in [5.41, 5.74) is 4.69. The molecule has 1 fully saturated rings. The van der Waals surface area contributed by atoms with E-state index in [1.54, 1.807) is 11.3 Å². The highest BCUT2D eigenvalue weighted by Crippen LogP contribution is 2.33. The summed E-state index contributed by atoms with van der Waals surface area (Å²) in [5.74, 6) is 2.01. The average Bonchev–Trinajstić information content (AvgIpc) is 3.49. The predicted octanol–water partition coefficient (Wildman–Crippen LogP) is 4.23. The minimum atomic E-state index is 0.00424. The molecule has 0 saturated carbocycles. The molecule has 2 aromatic heterocycles. The molecule has 5 rings (SSSR count). The standard InChI is InChI=1S/C24H26N4OS/c29-24(25-14-17-11-13-30-16-17)19-8-5-12-28(15-19)23-20-9-4-10-21(20)26-22(27-23)18-6-2-1-3-7-18/h1-3,6-7,11,13,16,19H,4-5,8-10,12,14-15H2,(H,25,29). The fourth-order valence-corrected chi connectivity index (χ4v) is 5.17. The zero-order chi connectivity index (χ0) is 20.3. The highest BCUT2D eigenvalue weighted by Gasteiger charge is 2.30. The number of rotatable bonds is 5. The fraction of sp³-hybridized carbons (Fsp3) is 0.375. The number of nitrogens with zero attached hydrogens (tertiary/aromatic N) is 3. The van der Waals surface area contributed by atoms with Crippen molar-refractivity contribution in [3.05, 3.63) is 64.0 Å². The van der Waals surface area contributed by atoms with E-state index in [1.807, 2.05) is 23.6 Å². The van der Waals surface area contributed by atoms with Crippen molar-refractivity contribution in [2.24, 2.45) is 5.92 Å². The van der Waals surface area contributed by atoms with Gasteiger partial charge in [0, 0.05) is 36.5 Å². The second kappa shape index (κ2) is 8.56. The van der Waals surface area contributed by atoms with Gasteiger partial charge in [-0.3, -0.25) is 4.79 Å². The Balaban J connectivity index is 1.37. The molecule has 1 amide bonds. The maximum Gasteiger partial charge on any atom is 0.225 e. The minimum Gasteiger partial charge on any atom is -0.355 e. The summed E-state index contributed by atoms with van der Waals surface area (Å²) < 4.78 is 0. The number of carbonyl (C=O) groups is 1. The van der Waals surface area contributed by atoms with Crippen LogP contribution >= 0.6 is 11.3 Å². The number of benzene rings is 1. The predicted molar refractivity (Wildman–Crippen MR) is 121 cm³/mol. The second-order valence-electron chi connectivity index (χ2n) is 8.15. The normalized spacial score (nSPS) is 18.3. The molecule has 1 saturated heterocycles. The van der Waals surface area contributed by atoms with E-state index in [0.717, 1.165) is 62.4 Å². The summed E-state index contributed by atoms with van der Waals surface area (Å²) in [4.78, 5) is 25.0. The monoisotopic (exact) mass is 418 g/mol. The molecule has 6 heteroatoms. The van der Waals surface area contributed by atoms with Gasteiger partial charge in [0.1, 0.15) is 5.82 Å². The van der Waals surface area contributed by atoms with Gasteiger partial charge in [0.2, 0.25) is 5.91 Å². The first-order valence-electron chi connectivity index (χ1n) is 10.8. The number of aryl methyl sites for hydroxylation is 1. The first-order valence-corrected chi connectivity index (χ1v) is 11.7. The molecular weight excluding hydrogens is 392 g/mol. The topological polar surface area (TPSA) is 58.1 Å². The van der Waals surface area contributed by atoms with Crippen molar-refractivity contribution in [2.45, 2.75) is 38.6 Å². The summed E-state index contributed by atoms with van der Waals surface area (Å²) >= 11 is 1.66. The van der Waals surface area contributed by atoms with Gasteiger partial charge in [-0.25, -0.2) is 9.97 Å².